The summed E-state index contributed by atoms with van der Waals surface area (Å²) in [7, 11) is 2.12. The summed E-state index contributed by atoms with van der Waals surface area (Å²) >= 11 is 0. The number of hydrogen-bond acceptors (Lipinski definition) is 1. The Morgan fingerprint density at radius 1 is 1.31 bits per heavy atom. The fourth-order valence-corrected chi connectivity index (χ4v) is 1.28. The highest BCUT2D eigenvalue weighted by Gasteiger charge is 1.95. The Morgan fingerprint density at radius 3 is 2.62 bits per heavy atom. The molecule has 0 amide bonds. The lowest BCUT2D eigenvalue weighted by Gasteiger charge is -2.13. The van der Waals surface area contributed by atoms with Crippen LogP contribution in [0.25, 0.3) is 0 Å². The zero-order valence-corrected chi connectivity index (χ0v) is 8.24. The molecule has 0 atom stereocenters. The van der Waals surface area contributed by atoms with E-state index in [1.807, 2.05) is 6.08 Å². The van der Waals surface area contributed by atoms with Crippen LogP contribution in [0.2, 0.25) is 0 Å². The normalized spacial score (nSPS) is 10.3. The molecule has 13 heavy (non-hydrogen) atoms. The molecule has 70 valence electrons. The van der Waals surface area contributed by atoms with Gasteiger partial charge in [0.1, 0.15) is 0 Å². The molecule has 0 spiro atoms. The fourth-order valence-electron chi connectivity index (χ4n) is 1.28. The molecule has 0 heterocycles. The van der Waals surface area contributed by atoms with Crippen molar-refractivity contribution in [2.45, 2.75) is 6.42 Å². The van der Waals surface area contributed by atoms with E-state index in [4.69, 9.17) is 0 Å². The van der Waals surface area contributed by atoms with Crippen LogP contribution >= 0.6 is 0 Å². The van der Waals surface area contributed by atoms with Gasteiger partial charge in [-0.1, -0.05) is 36.4 Å². The van der Waals surface area contributed by atoms with Gasteiger partial charge in [0.25, 0.3) is 0 Å². The van der Waals surface area contributed by atoms with Gasteiger partial charge in [0.05, 0.1) is 0 Å². The van der Waals surface area contributed by atoms with Gasteiger partial charge in [-0.25, -0.2) is 0 Å². The Bertz CT molecular complexity index is 241. The molecule has 0 unspecified atom stereocenters. The highest BCUT2D eigenvalue weighted by Crippen LogP contribution is 2.00. The molecule has 0 fully saturated rings. The minimum absolute atomic E-state index is 0.965. The Hall–Kier alpha value is -1.08. The van der Waals surface area contributed by atoms with Gasteiger partial charge in [0, 0.05) is 13.1 Å². The van der Waals surface area contributed by atoms with Gasteiger partial charge in [-0.05, 0) is 19.0 Å². The van der Waals surface area contributed by atoms with Crippen LogP contribution in [0.5, 0.6) is 0 Å². The third-order valence-electron chi connectivity index (χ3n) is 2.07. The van der Waals surface area contributed by atoms with E-state index in [1.165, 1.54) is 5.56 Å². The van der Waals surface area contributed by atoms with E-state index in [1.54, 1.807) is 0 Å². The largest absolute Gasteiger partial charge is 0.302 e. The quantitative estimate of drug-likeness (QED) is 0.621. The van der Waals surface area contributed by atoms with Crippen LogP contribution in [0.15, 0.2) is 43.0 Å². The fraction of sp³-hybridized carbons (Fsp3) is 0.333. The molecule has 0 N–H and O–H groups in total. The first-order valence-electron chi connectivity index (χ1n) is 4.66. The van der Waals surface area contributed by atoms with Gasteiger partial charge in [0.15, 0.2) is 0 Å². The number of likely N-dealkylation sites (N-methyl/N-ethyl adjacent to an activating group) is 1. The molecule has 0 saturated heterocycles. The number of hydrogen-bond donors (Lipinski definition) is 0. The topological polar surface area (TPSA) is 3.24 Å². The van der Waals surface area contributed by atoms with Gasteiger partial charge in [0.2, 0.25) is 0 Å². The second-order valence-corrected chi connectivity index (χ2v) is 3.29. The molecule has 1 heteroatoms. The van der Waals surface area contributed by atoms with E-state index in [-0.39, 0.29) is 0 Å². The van der Waals surface area contributed by atoms with E-state index in [2.05, 4.69) is 48.9 Å². The van der Waals surface area contributed by atoms with Gasteiger partial charge in [-0.2, -0.15) is 0 Å². The van der Waals surface area contributed by atoms with Crippen LogP contribution in [0, 0.1) is 0 Å². The number of rotatable bonds is 5. The van der Waals surface area contributed by atoms with Gasteiger partial charge < -0.3 is 4.90 Å². The maximum absolute atomic E-state index is 3.71. The average Bonchev–Trinajstić information content (AvgIpc) is 2.17. The lowest BCUT2D eigenvalue weighted by atomic mass is 10.1. The summed E-state index contributed by atoms with van der Waals surface area (Å²) in [5, 5.41) is 0. The van der Waals surface area contributed by atoms with E-state index >= 15 is 0 Å². The van der Waals surface area contributed by atoms with Crippen LogP contribution in [-0.2, 0) is 6.42 Å². The maximum Gasteiger partial charge on any atom is 0.0157 e. The number of nitrogens with zero attached hydrogens (tertiary/aromatic N) is 1. The van der Waals surface area contributed by atoms with E-state index in [0.717, 1.165) is 19.5 Å². The molecule has 1 rings (SSSR count). The van der Waals surface area contributed by atoms with Crippen molar-refractivity contribution < 1.29 is 0 Å². The molecule has 0 radical (unpaired) electrons. The lowest BCUT2D eigenvalue weighted by Crippen LogP contribution is -2.20. The van der Waals surface area contributed by atoms with Crippen LogP contribution in [0.4, 0.5) is 0 Å². The zero-order chi connectivity index (χ0) is 9.52. The van der Waals surface area contributed by atoms with Crippen molar-refractivity contribution in [1.29, 1.82) is 0 Å². The first-order valence-corrected chi connectivity index (χ1v) is 4.66. The molecule has 0 saturated carbocycles. The maximum atomic E-state index is 3.71. The summed E-state index contributed by atoms with van der Waals surface area (Å²) in [5.41, 5.74) is 1.40. The van der Waals surface area contributed by atoms with Crippen molar-refractivity contribution in [3.63, 3.8) is 0 Å². The summed E-state index contributed by atoms with van der Waals surface area (Å²) in [6.45, 7) is 5.77. The lowest BCUT2D eigenvalue weighted by molar-refractivity contribution is 0.375. The summed E-state index contributed by atoms with van der Waals surface area (Å²) in [6.07, 6.45) is 3.05. The monoisotopic (exact) mass is 175 g/mol. The van der Waals surface area contributed by atoms with Gasteiger partial charge in [-0.15, -0.1) is 6.58 Å². The van der Waals surface area contributed by atoms with Gasteiger partial charge in [-0.3, -0.25) is 0 Å². The minimum Gasteiger partial charge on any atom is -0.302 e. The predicted molar refractivity (Wildman–Crippen MR) is 57.8 cm³/mol. The Labute approximate surface area is 80.7 Å². The predicted octanol–water partition coefficient (Wildman–Crippen LogP) is 2.35. The van der Waals surface area contributed by atoms with Crippen molar-refractivity contribution in [1.82, 2.24) is 4.90 Å². The first kappa shape index (κ1) is 10.0. The van der Waals surface area contributed by atoms with Crippen molar-refractivity contribution in [2.75, 3.05) is 20.1 Å². The molecule has 0 aromatic heterocycles. The third-order valence-corrected chi connectivity index (χ3v) is 2.07. The summed E-state index contributed by atoms with van der Waals surface area (Å²) in [4.78, 5) is 2.26. The van der Waals surface area contributed by atoms with Gasteiger partial charge >= 0.3 is 0 Å². The molecule has 0 bridgehead atoms. The van der Waals surface area contributed by atoms with E-state index < -0.39 is 0 Å². The summed E-state index contributed by atoms with van der Waals surface area (Å²) in [6, 6.07) is 10.6. The van der Waals surface area contributed by atoms with Crippen LogP contribution in [-0.4, -0.2) is 25.0 Å². The van der Waals surface area contributed by atoms with Crippen LogP contribution in [0.3, 0.4) is 0 Å². The Balaban J connectivity index is 2.30. The van der Waals surface area contributed by atoms with Crippen molar-refractivity contribution in [3.8, 4) is 0 Å². The molecule has 1 aromatic rings. The third kappa shape index (κ3) is 3.90. The molecule has 0 aliphatic heterocycles. The number of benzene rings is 1. The highest BCUT2D eigenvalue weighted by molar-refractivity contribution is 5.14. The van der Waals surface area contributed by atoms with Crippen molar-refractivity contribution in [3.05, 3.63) is 48.6 Å². The van der Waals surface area contributed by atoms with E-state index in [0.29, 0.717) is 0 Å². The SMILES string of the molecule is C=CCN(C)CCc1ccccc1. The van der Waals surface area contributed by atoms with Crippen LogP contribution in [0.1, 0.15) is 5.56 Å². The Kier molecular flexibility index (Phi) is 4.27. The molecule has 1 aromatic carbocycles. The first-order chi connectivity index (χ1) is 6.33. The van der Waals surface area contributed by atoms with E-state index in [9.17, 15) is 0 Å². The summed E-state index contributed by atoms with van der Waals surface area (Å²) in [5.74, 6) is 0. The zero-order valence-electron chi connectivity index (χ0n) is 8.24. The second kappa shape index (κ2) is 5.55. The molecular formula is C12H17N. The van der Waals surface area contributed by atoms with Crippen molar-refractivity contribution >= 4 is 0 Å². The standard InChI is InChI=1S/C12H17N/c1-3-10-13(2)11-9-12-7-5-4-6-8-12/h3-8H,1,9-11H2,2H3. The smallest absolute Gasteiger partial charge is 0.0157 e. The molecule has 0 aliphatic rings. The van der Waals surface area contributed by atoms with Crippen LogP contribution < -0.4 is 0 Å². The molecular weight excluding hydrogens is 158 g/mol. The second-order valence-electron chi connectivity index (χ2n) is 3.29. The van der Waals surface area contributed by atoms with Crippen molar-refractivity contribution in [2.24, 2.45) is 0 Å². The Morgan fingerprint density at radius 2 is 2.00 bits per heavy atom. The highest BCUT2D eigenvalue weighted by atomic mass is 15.1. The summed E-state index contributed by atoms with van der Waals surface area (Å²) < 4.78 is 0. The average molecular weight is 175 g/mol. The minimum atomic E-state index is 0.965. The molecule has 0 aliphatic carbocycles. The molecule has 1 nitrogen and oxygen atoms in total.